The van der Waals surface area contributed by atoms with Crippen molar-refractivity contribution in [3.05, 3.63) is 18.5 Å². The molecule has 5 rings (SSSR count). The fourth-order valence-electron chi connectivity index (χ4n) is 5.31. The number of hydrogen-bond donors (Lipinski definition) is 2. The molecule has 0 unspecified atom stereocenters. The predicted octanol–water partition coefficient (Wildman–Crippen LogP) is 0.149. The van der Waals surface area contributed by atoms with E-state index in [2.05, 4.69) is 15.7 Å². The molecule has 0 aromatic carbocycles. The van der Waals surface area contributed by atoms with Crippen molar-refractivity contribution in [1.82, 2.24) is 25.3 Å². The van der Waals surface area contributed by atoms with E-state index < -0.39 is 11.0 Å². The highest BCUT2D eigenvalue weighted by molar-refractivity contribution is 5.87. The van der Waals surface area contributed by atoms with Crippen molar-refractivity contribution < 1.29 is 14.3 Å². The second kappa shape index (κ2) is 6.60. The highest BCUT2D eigenvalue weighted by Gasteiger charge is 2.77. The van der Waals surface area contributed by atoms with Crippen LogP contribution in [-0.4, -0.2) is 70.9 Å². The number of amides is 2. The second-order valence-electron chi connectivity index (χ2n) is 8.37. The summed E-state index contributed by atoms with van der Waals surface area (Å²) in [7, 11) is 1.88. The number of ether oxygens (including phenoxy) is 1. The normalized spacial score (nSPS) is 30.7. The number of carbonyl (C=O) groups is 2. The Morgan fingerprint density at radius 3 is 2.70 bits per heavy atom. The summed E-state index contributed by atoms with van der Waals surface area (Å²) >= 11 is 0. The molecule has 2 bridgehead atoms. The van der Waals surface area contributed by atoms with E-state index in [0.717, 1.165) is 25.9 Å². The van der Waals surface area contributed by atoms with Crippen LogP contribution in [0.1, 0.15) is 32.6 Å². The number of likely N-dealkylation sites (N-methyl/N-ethyl adjacent to an activating group) is 1. The average molecular weight is 375 g/mol. The van der Waals surface area contributed by atoms with Gasteiger partial charge in [-0.15, -0.1) is 0 Å². The summed E-state index contributed by atoms with van der Waals surface area (Å²) in [5.41, 5.74) is -1.26. The van der Waals surface area contributed by atoms with Gasteiger partial charge < -0.3 is 20.3 Å². The summed E-state index contributed by atoms with van der Waals surface area (Å²) in [6, 6.07) is 1.89. The Bertz CT molecular complexity index is 705. The van der Waals surface area contributed by atoms with Crippen LogP contribution in [-0.2, 0) is 20.9 Å². The van der Waals surface area contributed by atoms with Crippen molar-refractivity contribution in [2.45, 2.75) is 50.4 Å². The van der Waals surface area contributed by atoms with Gasteiger partial charge in [0.05, 0.1) is 23.2 Å². The summed E-state index contributed by atoms with van der Waals surface area (Å²) in [5.74, 6) is 0.118. The molecule has 4 aliphatic rings. The lowest BCUT2D eigenvalue weighted by Gasteiger charge is -2.49. The summed E-state index contributed by atoms with van der Waals surface area (Å²) in [5, 5.41) is 10.5. The first-order valence-electron chi connectivity index (χ1n) is 9.79. The molecule has 3 saturated heterocycles. The van der Waals surface area contributed by atoms with Crippen molar-refractivity contribution in [1.29, 1.82) is 0 Å². The van der Waals surface area contributed by atoms with Crippen molar-refractivity contribution >= 4 is 11.8 Å². The first-order valence-corrected chi connectivity index (χ1v) is 9.79. The van der Waals surface area contributed by atoms with E-state index in [1.807, 2.05) is 28.9 Å². The molecule has 8 nitrogen and oxygen atoms in total. The number of aromatic nitrogens is 2. The summed E-state index contributed by atoms with van der Waals surface area (Å²) < 4.78 is 8.45. The maximum atomic E-state index is 13.5. The summed E-state index contributed by atoms with van der Waals surface area (Å²) in [6.45, 7) is 5.03. The van der Waals surface area contributed by atoms with E-state index in [9.17, 15) is 9.59 Å². The Morgan fingerprint density at radius 2 is 2.07 bits per heavy atom. The average Bonchev–Trinajstić information content (AvgIpc) is 3.29. The van der Waals surface area contributed by atoms with Gasteiger partial charge in [0.25, 0.3) is 0 Å². The topological polar surface area (TPSA) is 88.5 Å². The molecule has 2 amide bonds. The first kappa shape index (κ1) is 18.4. The molecule has 148 valence electrons. The molecule has 3 aliphatic heterocycles. The third kappa shape index (κ3) is 2.95. The highest BCUT2D eigenvalue weighted by Crippen LogP contribution is 2.69. The van der Waals surface area contributed by atoms with Crippen LogP contribution in [0.25, 0.3) is 0 Å². The third-order valence-corrected chi connectivity index (χ3v) is 6.58. The van der Waals surface area contributed by atoms with E-state index in [1.165, 1.54) is 6.92 Å². The van der Waals surface area contributed by atoms with Gasteiger partial charge >= 0.3 is 0 Å². The molecule has 27 heavy (non-hydrogen) atoms. The van der Waals surface area contributed by atoms with Crippen LogP contribution in [0.2, 0.25) is 0 Å². The Kier molecular flexibility index (Phi) is 4.50. The molecule has 1 saturated carbocycles. The molecule has 1 spiro atoms. The van der Waals surface area contributed by atoms with Gasteiger partial charge in [-0.25, -0.2) is 0 Å². The van der Waals surface area contributed by atoms with Gasteiger partial charge in [0.15, 0.2) is 0 Å². The van der Waals surface area contributed by atoms with Gasteiger partial charge in [-0.05, 0) is 44.8 Å². The maximum Gasteiger partial charge on any atom is 0.231 e. The number of nitrogens with zero attached hydrogens (tertiary/aromatic N) is 3. The monoisotopic (exact) mass is 375 g/mol. The quantitative estimate of drug-likeness (QED) is 0.739. The van der Waals surface area contributed by atoms with Gasteiger partial charge in [0, 0.05) is 39.5 Å². The number of rotatable bonds is 6. The van der Waals surface area contributed by atoms with Gasteiger partial charge in [-0.2, -0.15) is 5.10 Å². The fourth-order valence-corrected chi connectivity index (χ4v) is 5.31. The molecule has 0 atom stereocenters. The lowest BCUT2D eigenvalue weighted by Crippen LogP contribution is -2.62. The maximum absolute atomic E-state index is 13.5. The number of hydrogen-bond acceptors (Lipinski definition) is 5. The molecule has 1 aromatic rings. The Balaban J connectivity index is 1.50. The van der Waals surface area contributed by atoms with Crippen molar-refractivity contribution in [2.24, 2.45) is 5.41 Å². The number of piperidine rings is 1. The van der Waals surface area contributed by atoms with Crippen molar-refractivity contribution in [3.63, 3.8) is 0 Å². The summed E-state index contributed by atoms with van der Waals surface area (Å²) in [4.78, 5) is 26.7. The Morgan fingerprint density at radius 1 is 1.33 bits per heavy atom. The SMILES string of the molecule is CC(=O)NCC12CC(C(=O)N(C)CCn3cccn3)(C1)C1(CCNCC1)O2. The Hall–Kier alpha value is -1.93. The molecular weight excluding hydrogens is 346 g/mol. The van der Waals surface area contributed by atoms with E-state index in [-0.39, 0.29) is 17.4 Å². The van der Waals surface area contributed by atoms with E-state index >= 15 is 0 Å². The zero-order valence-corrected chi connectivity index (χ0v) is 16.2. The molecule has 8 heteroatoms. The summed E-state index contributed by atoms with van der Waals surface area (Å²) in [6.07, 6.45) is 6.74. The van der Waals surface area contributed by atoms with E-state index in [1.54, 1.807) is 6.20 Å². The van der Waals surface area contributed by atoms with Crippen LogP contribution in [0.15, 0.2) is 18.5 Å². The lowest BCUT2D eigenvalue weighted by molar-refractivity contribution is -0.151. The minimum atomic E-state index is -0.466. The minimum absolute atomic E-state index is 0.0561. The molecule has 1 aliphatic carbocycles. The number of nitrogens with one attached hydrogen (secondary N) is 2. The minimum Gasteiger partial charge on any atom is -0.365 e. The van der Waals surface area contributed by atoms with Gasteiger partial charge in [-0.3, -0.25) is 14.3 Å². The van der Waals surface area contributed by atoms with Crippen LogP contribution < -0.4 is 10.6 Å². The second-order valence-corrected chi connectivity index (χ2v) is 8.37. The van der Waals surface area contributed by atoms with Gasteiger partial charge in [0.2, 0.25) is 11.8 Å². The molecule has 2 N–H and O–H groups in total. The predicted molar refractivity (Wildman–Crippen MR) is 98.9 cm³/mol. The van der Waals surface area contributed by atoms with E-state index in [0.29, 0.717) is 32.5 Å². The first-order chi connectivity index (χ1) is 12.9. The third-order valence-electron chi connectivity index (χ3n) is 6.58. The molecule has 0 radical (unpaired) electrons. The number of carbonyl (C=O) groups excluding carboxylic acids is 2. The molecule has 1 aromatic heterocycles. The zero-order valence-electron chi connectivity index (χ0n) is 16.2. The fraction of sp³-hybridized carbons (Fsp3) is 0.737. The van der Waals surface area contributed by atoms with Gasteiger partial charge in [0.1, 0.15) is 0 Å². The molecule has 4 fully saturated rings. The highest BCUT2D eigenvalue weighted by atomic mass is 16.5. The van der Waals surface area contributed by atoms with Crippen LogP contribution in [0, 0.1) is 5.41 Å². The molecular formula is C19H29N5O3. The van der Waals surface area contributed by atoms with Crippen molar-refractivity contribution in [2.75, 3.05) is 33.2 Å². The van der Waals surface area contributed by atoms with Crippen LogP contribution in [0.4, 0.5) is 0 Å². The van der Waals surface area contributed by atoms with Crippen LogP contribution >= 0.6 is 0 Å². The molecule has 4 heterocycles. The lowest BCUT2D eigenvalue weighted by atomic mass is 9.53. The standard InChI is InChI=1S/C19H29N5O3/c1-15(25)21-14-17-12-18(13-17,19(27-17)4-7-20-8-5-19)16(26)23(2)10-11-24-9-3-6-22-24/h3,6,9,20H,4-5,7-8,10-14H2,1-2H3,(H,21,25). The Labute approximate surface area is 159 Å². The smallest absolute Gasteiger partial charge is 0.231 e. The van der Waals surface area contributed by atoms with E-state index in [4.69, 9.17) is 4.74 Å². The van der Waals surface area contributed by atoms with Crippen LogP contribution in [0.3, 0.4) is 0 Å². The van der Waals surface area contributed by atoms with Crippen LogP contribution in [0.5, 0.6) is 0 Å². The van der Waals surface area contributed by atoms with Gasteiger partial charge in [-0.1, -0.05) is 0 Å². The zero-order chi connectivity index (χ0) is 19.1. The largest absolute Gasteiger partial charge is 0.365 e. The van der Waals surface area contributed by atoms with Crippen molar-refractivity contribution in [3.8, 4) is 0 Å².